The number of halogens is 1. The number of aliphatic imine (C=N–C) groups is 1. The fraction of sp³-hybridized carbons (Fsp3) is 0.524. The van der Waals surface area contributed by atoms with Crippen molar-refractivity contribution in [2.45, 2.75) is 52.0 Å². The number of rotatable bonds is 10. The molecule has 0 aliphatic rings. The molecule has 7 heteroatoms. The van der Waals surface area contributed by atoms with E-state index in [-0.39, 0.29) is 24.0 Å². The summed E-state index contributed by atoms with van der Waals surface area (Å²) in [5.41, 5.74) is 2.31. The zero-order chi connectivity index (χ0) is 19.5. The van der Waals surface area contributed by atoms with Gasteiger partial charge >= 0.3 is 0 Å². The van der Waals surface area contributed by atoms with E-state index >= 15 is 0 Å². The van der Waals surface area contributed by atoms with Crippen molar-refractivity contribution in [3.8, 4) is 5.75 Å². The Bertz CT molecular complexity index is 714. The lowest BCUT2D eigenvalue weighted by Crippen LogP contribution is -2.37. The summed E-state index contributed by atoms with van der Waals surface area (Å²) in [5.74, 6) is 2.96. The van der Waals surface area contributed by atoms with Gasteiger partial charge in [-0.05, 0) is 43.4 Å². The number of hydrogen-bond donors (Lipinski definition) is 2. The van der Waals surface area contributed by atoms with Gasteiger partial charge in [-0.3, -0.25) is 4.99 Å². The van der Waals surface area contributed by atoms with Gasteiger partial charge < -0.3 is 19.9 Å². The van der Waals surface area contributed by atoms with Gasteiger partial charge in [-0.2, -0.15) is 0 Å². The van der Waals surface area contributed by atoms with Crippen LogP contribution in [0.1, 0.15) is 56.0 Å². The number of nitrogens with zero attached hydrogens (tertiary/aromatic N) is 2. The molecular weight excluding hydrogens is 467 g/mol. The van der Waals surface area contributed by atoms with E-state index in [0.717, 1.165) is 55.4 Å². The third kappa shape index (κ3) is 7.69. The Labute approximate surface area is 185 Å². The highest BCUT2D eigenvalue weighted by Gasteiger charge is 2.13. The van der Waals surface area contributed by atoms with Crippen LogP contribution in [0.5, 0.6) is 5.75 Å². The monoisotopic (exact) mass is 500 g/mol. The quantitative estimate of drug-likeness (QED) is 0.218. The molecule has 0 aliphatic carbocycles. The van der Waals surface area contributed by atoms with Crippen LogP contribution in [0, 0.1) is 0 Å². The van der Waals surface area contributed by atoms with Gasteiger partial charge in [0.2, 0.25) is 0 Å². The minimum Gasteiger partial charge on any atom is -0.497 e. The van der Waals surface area contributed by atoms with Crippen LogP contribution in [0.15, 0.2) is 39.8 Å². The van der Waals surface area contributed by atoms with E-state index in [1.54, 1.807) is 14.2 Å². The SMILES string of the molecule is CCC(CC)c1cc(CNC(=NC)NCCCc2cccc(OC)c2)on1.I. The van der Waals surface area contributed by atoms with Crippen molar-refractivity contribution in [3.05, 3.63) is 47.3 Å². The molecule has 2 aromatic rings. The Morgan fingerprint density at radius 1 is 1.21 bits per heavy atom. The number of methoxy groups -OCH3 is 1. The molecule has 1 heterocycles. The van der Waals surface area contributed by atoms with E-state index in [0.29, 0.717) is 12.5 Å². The molecule has 1 aromatic heterocycles. The number of aromatic nitrogens is 1. The average Bonchev–Trinajstić information content (AvgIpc) is 3.17. The minimum absolute atomic E-state index is 0. The van der Waals surface area contributed by atoms with Crippen LogP contribution in [-0.4, -0.2) is 31.8 Å². The molecule has 0 amide bonds. The lowest BCUT2D eigenvalue weighted by molar-refractivity contribution is 0.368. The van der Waals surface area contributed by atoms with E-state index < -0.39 is 0 Å². The van der Waals surface area contributed by atoms with Gasteiger partial charge in [-0.15, -0.1) is 24.0 Å². The molecule has 0 atom stereocenters. The molecule has 0 radical (unpaired) electrons. The van der Waals surface area contributed by atoms with Gasteiger partial charge in [0.1, 0.15) is 5.75 Å². The zero-order valence-electron chi connectivity index (χ0n) is 17.3. The van der Waals surface area contributed by atoms with Crippen molar-refractivity contribution >= 4 is 29.9 Å². The van der Waals surface area contributed by atoms with Crippen LogP contribution < -0.4 is 15.4 Å². The Kier molecular flexibility index (Phi) is 11.6. The Morgan fingerprint density at radius 2 is 2.00 bits per heavy atom. The summed E-state index contributed by atoms with van der Waals surface area (Å²) >= 11 is 0. The second-order valence-electron chi connectivity index (χ2n) is 6.54. The predicted octanol–water partition coefficient (Wildman–Crippen LogP) is 4.50. The van der Waals surface area contributed by atoms with E-state index in [1.807, 2.05) is 18.2 Å². The van der Waals surface area contributed by atoms with Crippen molar-refractivity contribution in [2.75, 3.05) is 20.7 Å². The van der Waals surface area contributed by atoms with Gasteiger partial charge in [0.05, 0.1) is 19.3 Å². The average molecular weight is 500 g/mol. The molecule has 0 spiro atoms. The Morgan fingerprint density at radius 3 is 2.68 bits per heavy atom. The largest absolute Gasteiger partial charge is 0.497 e. The third-order valence-electron chi connectivity index (χ3n) is 4.70. The van der Waals surface area contributed by atoms with Crippen LogP contribution in [-0.2, 0) is 13.0 Å². The summed E-state index contributed by atoms with van der Waals surface area (Å²) in [6, 6.07) is 10.2. The number of nitrogens with one attached hydrogen (secondary N) is 2. The molecule has 6 nitrogen and oxygen atoms in total. The van der Waals surface area contributed by atoms with Gasteiger partial charge in [0.15, 0.2) is 11.7 Å². The van der Waals surface area contributed by atoms with Gasteiger partial charge in [0.25, 0.3) is 0 Å². The first-order chi connectivity index (χ1) is 13.2. The fourth-order valence-corrected chi connectivity index (χ4v) is 3.03. The lowest BCUT2D eigenvalue weighted by atomic mass is 9.99. The van der Waals surface area contributed by atoms with Crippen molar-refractivity contribution in [1.29, 1.82) is 0 Å². The molecule has 1 aromatic carbocycles. The minimum atomic E-state index is 0. The van der Waals surface area contributed by atoms with Crippen molar-refractivity contribution in [2.24, 2.45) is 4.99 Å². The van der Waals surface area contributed by atoms with Gasteiger partial charge in [-0.25, -0.2) is 0 Å². The number of aryl methyl sites for hydroxylation is 1. The summed E-state index contributed by atoms with van der Waals surface area (Å²) in [7, 11) is 3.46. The first-order valence-corrected chi connectivity index (χ1v) is 9.73. The van der Waals surface area contributed by atoms with E-state index in [4.69, 9.17) is 9.26 Å². The summed E-state index contributed by atoms with van der Waals surface area (Å²) in [5, 5.41) is 10.8. The molecule has 0 bridgehead atoms. The number of guanidine groups is 1. The summed E-state index contributed by atoms with van der Waals surface area (Å²) in [6.45, 7) is 5.77. The molecular formula is C21H33IN4O2. The second kappa shape index (κ2) is 13.4. The molecule has 0 saturated carbocycles. The zero-order valence-corrected chi connectivity index (χ0v) is 19.7. The molecule has 0 aliphatic heterocycles. The van der Waals surface area contributed by atoms with Crippen LogP contribution in [0.4, 0.5) is 0 Å². The molecule has 28 heavy (non-hydrogen) atoms. The van der Waals surface area contributed by atoms with Crippen LogP contribution in [0.25, 0.3) is 0 Å². The van der Waals surface area contributed by atoms with Crippen LogP contribution in [0.3, 0.4) is 0 Å². The second-order valence-corrected chi connectivity index (χ2v) is 6.54. The molecule has 2 rings (SSSR count). The standard InChI is InChI=1S/C21H32N4O2.HI/c1-5-17(6-2)20-14-19(27-25-20)15-24-21(22-3)23-12-8-10-16-9-7-11-18(13-16)26-4;/h7,9,11,13-14,17H,5-6,8,10,12,15H2,1-4H3,(H2,22,23,24);1H. The van der Waals surface area contributed by atoms with Crippen molar-refractivity contribution < 1.29 is 9.26 Å². The van der Waals surface area contributed by atoms with Gasteiger partial charge in [-0.1, -0.05) is 31.1 Å². The van der Waals surface area contributed by atoms with Crippen LogP contribution >= 0.6 is 24.0 Å². The third-order valence-corrected chi connectivity index (χ3v) is 4.70. The van der Waals surface area contributed by atoms with Crippen LogP contribution in [0.2, 0.25) is 0 Å². The molecule has 2 N–H and O–H groups in total. The molecule has 0 saturated heterocycles. The number of benzene rings is 1. The summed E-state index contributed by atoms with van der Waals surface area (Å²) in [4.78, 5) is 4.26. The molecule has 0 fully saturated rings. The maximum atomic E-state index is 5.44. The Hall–Kier alpha value is -1.77. The summed E-state index contributed by atoms with van der Waals surface area (Å²) in [6.07, 6.45) is 4.15. The van der Waals surface area contributed by atoms with Crippen molar-refractivity contribution in [1.82, 2.24) is 15.8 Å². The maximum absolute atomic E-state index is 5.44. The Balaban J connectivity index is 0.00000392. The highest BCUT2D eigenvalue weighted by Crippen LogP contribution is 2.22. The normalized spacial score (nSPS) is 11.2. The van der Waals surface area contributed by atoms with E-state index in [2.05, 4.69) is 46.8 Å². The maximum Gasteiger partial charge on any atom is 0.191 e. The van der Waals surface area contributed by atoms with Crippen molar-refractivity contribution in [3.63, 3.8) is 0 Å². The number of hydrogen-bond acceptors (Lipinski definition) is 4. The fourth-order valence-electron chi connectivity index (χ4n) is 3.03. The first kappa shape index (κ1) is 24.3. The highest BCUT2D eigenvalue weighted by molar-refractivity contribution is 14.0. The smallest absolute Gasteiger partial charge is 0.191 e. The summed E-state index contributed by atoms with van der Waals surface area (Å²) < 4.78 is 10.7. The lowest BCUT2D eigenvalue weighted by Gasteiger charge is -2.11. The molecule has 156 valence electrons. The van der Waals surface area contributed by atoms with E-state index in [1.165, 1.54) is 5.56 Å². The molecule has 0 unspecified atom stereocenters. The van der Waals surface area contributed by atoms with Gasteiger partial charge in [0, 0.05) is 25.6 Å². The number of ether oxygens (including phenoxy) is 1. The highest BCUT2D eigenvalue weighted by atomic mass is 127. The predicted molar refractivity (Wildman–Crippen MR) is 125 cm³/mol. The first-order valence-electron chi connectivity index (χ1n) is 9.73. The topological polar surface area (TPSA) is 71.7 Å². The van der Waals surface area contributed by atoms with E-state index in [9.17, 15) is 0 Å².